The van der Waals surface area contributed by atoms with Crippen LogP contribution in [0.2, 0.25) is 0 Å². The number of piperidine rings is 1. The second kappa shape index (κ2) is 8.82. The lowest BCUT2D eigenvalue weighted by Crippen LogP contribution is -2.39. The number of nitrogens with zero attached hydrogens (tertiary/aromatic N) is 4. The normalized spacial score (nSPS) is 16.2. The van der Waals surface area contributed by atoms with Crippen LogP contribution >= 0.6 is 0 Å². The molecule has 0 radical (unpaired) electrons. The molecule has 7 heteroatoms. The Balaban J connectivity index is 1.47. The van der Waals surface area contributed by atoms with Gasteiger partial charge in [-0.1, -0.05) is 18.2 Å². The van der Waals surface area contributed by atoms with Gasteiger partial charge in [0.15, 0.2) is 0 Å². The third-order valence-corrected chi connectivity index (χ3v) is 5.28. The van der Waals surface area contributed by atoms with Gasteiger partial charge in [0.25, 0.3) is 11.8 Å². The Labute approximate surface area is 175 Å². The van der Waals surface area contributed by atoms with Crippen molar-refractivity contribution in [3.63, 3.8) is 0 Å². The zero-order chi connectivity index (χ0) is 20.9. The minimum absolute atomic E-state index is 0.00215. The predicted octanol–water partition coefficient (Wildman–Crippen LogP) is 3.45. The summed E-state index contributed by atoms with van der Waals surface area (Å²) in [6.07, 6.45) is 6.63. The van der Waals surface area contributed by atoms with E-state index in [0.717, 1.165) is 18.5 Å². The van der Waals surface area contributed by atoms with E-state index in [-0.39, 0.29) is 17.7 Å². The maximum absolute atomic E-state index is 12.8. The highest BCUT2D eigenvalue weighted by atomic mass is 16.2. The summed E-state index contributed by atoms with van der Waals surface area (Å²) in [5.74, 6) is 0.492. The first-order valence-corrected chi connectivity index (χ1v) is 10.0. The predicted molar refractivity (Wildman–Crippen MR) is 113 cm³/mol. The molecular formula is C23H23N5O2. The molecule has 0 unspecified atom stereocenters. The van der Waals surface area contributed by atoms with E-state index in [1.165, 1.54) is 0 Å². The Bertz CT molecular complexity index is 1040. The minimum atomic E-state index is -0.233. The van der Waals surface area contributed by atoms with Gasteiger partial charge in [0, 0.05) is 48.8 Å². The van der Waals surface area contributed by atoms with Gasteiger partial charge in [-0.2, -0.15) is 0 Å². The molecule has 1 atom stereocenters. The van der Waals surface area contributed by atoms with Crippen LogP contribution in [0, 0.1) is 6.92 Å². The van der Waals surface area contributed by atoms with Crippen molar-refractivity contribution in [2.75, 3.05) is 18.4 Å². The zero-order valence-corrected chi connectivity index (χ0v) is 16.8. The van der Waals surface area contributed by atoms with Gasteiger partial charge < -0.3 is 10.2 Å². The lowest BCUT2D eigenvalue weighted by Gasteiger charge is -2.32. The van der Waals surface area contributed by atoms with Crippen molar-refractivity contribution < 1.29 is 9.59 Å². The van der Waals surface area contributed by atoms with Crippen LogP contribution < -0.4 is 5.32 Å². The standard InChI is InChI=1S/C23H23N5O2/c1-16-20(22(29)27-19-7-3-2-4-8-19)14-25-21(26-16)18-6-5-13-28(15-18)23(30)17-9-11-24-12-10-17/h2-4,7-12,14,18H,5-6,13,15H2,1H3,(H,27,29)/t18-/m0/s1. The second-order valence-corrected chi connectivity index (χ2v) is 7.37. The zero-order valence-electron chi connectivity index (χ0n) is 16.8. The number of rotatable bonds is 4. The van der Waals surface area contributed by atoms with E-state index in [9.17, 15) is 9.59 Å². The monoisotopic (exact) mass is 401 g/mol. The minimum Gasteiger partial charge on any atom is -0.338 e. The fraction of sp³-hybridized carbons (Fsp3) is 0.261. The molecule has 1 aromatic carbocycles. The summed E-state index contributed by atoms with van der Waals surface area (Å²) >= 11 is 0. The summed E-state index contributed by atoms with van der Waals surface area (Å²) in [5, 5.41) is 2.86. The van der Waals surface area contributed by atoms with Crippen LogP contribution in [0.4, 0.5) is 5.69 Å². The maximum Gasteiger partial charge on any atom is 0.259 e. The topological polar surface area (TPSA) is 88.1 Å². The Kier molecular flexibility index (Phi) is 5.79. The number of amides is 2. The first-order valence-electron chi connectivity index (χ1n) is 10.0. The lowest BCUT2D eigenvalue weighted by atomic mass is 9.96. The Hall–Kier alpha value is -3.61. The fourth-order valence-electron chi connectivity index (χ4n) is 3.67. The van der Waals surface area contributed by atoms with Crippen molar-refractivity contribution in [2.24, 2.45) is 0 Å². The second-order valence-electron chi connectivity index (χ2n) is 7.37. The average molecular weight is 401 g/mol. The molecule has 0 aliphatic carbocycles. The number of anilines is 1. The van der Waals surface area contributed by atoms with Gasteiger partial charge in [-0.15, -0.1) is 0 Å². The van der Waals surface area contributed by atoms with E-state index < -0.39 is 0 Å². The van der Waals surface area contributed by atoms with Crippen LogP contribution in [0.1, 0.15) is 51.0 Å². The molecule has 152 valence electrons. The van der Waals surface area contributed by atoms with Gasteiger partial charge in [0.1, 0.15) is 5.82 Å². The van der Waals surface area contributed by atoms with E-state index >= 15 is 0 Å². The van der Waals surface area contributed by atoms with Crippen molar-refractivity contribution in [3.8, 4) is 0 Å². The number of nitrogens with one attached hydrogen (secondary N) is 1. The number of hydrogen-bond acceptors (Lipinski definition) is 5. The molecule has 30 heavy (non-hydrogen) atoms. The van der Waals surface area contributed by atoms with E-state index in [1.54, 1.807) is 30.7 Å². The first-order chi connectivity index (χ1) is 14.6. The summed E-state index contributed by atoms with van der Waals surface area (Å²) in [5.41, 5.74) is 2.44. The molecule has 0 saturated carbocycles. The quantitative estimate of drug-likeness (QED) is 0.723. The van der Waals surface area contributed by atoms with Gasteiger partial charge in [0.05, 0.1) is 11.3 Å². The summed E-state index contributed by atoms with van der Waals surface area (Å²) in [6.45, 7) is 3.10. The number of carbonyl (C=O) groups is 2. The molecule has 7 nitrogen and oxygen atoms in total. The van der Waals surface area contributed by atoms with E-state index in [2.05, 4.69) is 20.3 Å². The third-order valence-electron chi connectivity index (χ3n) is 5.28. The molecule has 0 spiro atoms. The van der Waals surface area contributed by atoms with Crippen molar-refractivity contribution in [1.82, 2.24) is 19.9 Å². The molecule has 1 aliphatic heterocycles. The molecule has 0 bridgehead atoms. The molecule has 2 amide bonds. The van der Waals surface area contributed by atoms with Crippen LogP contribution in [0.25, 0.3) is 0 Å². The number of carbonyl (C=O) groups excluding carboxylic acids is 2. The molecule has 3 heterocycles. The van der Waals surface area contributed by atoms with Gasteiger partial charge in [0.2, 0.25) is 0 Å². The average Bonchev–Trinajstić information content (AvgIpc) is 2.80. The van der Waals surface area contributed by atoms with Gasteiger partial charge in [-0.05, 0) is 44.0 Å². The lowest BCUT2D eigenvalue weighted by molar-refractivity contribution is 0.0704. The smallest absolute Gasteiger partial charge is 0.259 e. The van der Waals surface area contributed by atoms with E-state index in [0.29, 0.717) is 35.7 Å². The number of aromatic nitrogens is 3. The first kappa shape index (κ1) is 19.7. The van der Waals surface area contributed by atoms with Crippen LogP contribution in [0.3, 0.4) is 0 Å². The van der Waals surface area contributed by atoms with E-state index in [4.69, 9.17) is 0 Å². The number of hydrogen-bond donors (Lipinski definition) is 1. The fourth-order valence-corrected chi connectivity index (χ4v) is 3.67. The molecule has 1 aliphatic rings. The molecule has 3 aromatic rings. The SMILES string of the molecule is Cc1nc([C@H]2CCCN(C(=O)c3ccncc3)C2)ncc1C(=O)Nc1ccccc1. The summed E-state index contributed by atoms with van der Waals surface area (Å²) in [4.78, 5) is 40.2. The number of likely N-dealkylation sites (tertiary alicyclic amines) is 1. The third kappa shape index (κ3) is 4.35. The largest absolute Gasteiger partial charge is 0.338 e. The highest BCUT2D eigenvalue weighted by Crippen LogP contribution is 2.26. The summed E-state index contributed by atoms with van der Waals surface area (Å²) in [7, 11) is 0. The molecule has 1 saturated heterocycles. The molecular weight excluding hydrogens is 378 g/mol. The van der Waals surface area contributed by atoms with Crippen LogP contribution in [-0.2, 0) is 0 Å². The van der Waals surface area contributed by atoms with Crippen molar-refractivity contribution in [3.05, 3.63) is 83.7 Å². The Morgan fingerprint density at radius 3 is 2.60 bits per heavy atom. The highest BCUT2D eigenvalue weighted by molar-refractivity contribution is 6.04. The summed E-state index contributed by atoms with van der Waals surface area (Å²) < 4.78 is 0. The molecule has 1 N–H and O–H groups in total. The Morgan fingerprint density at radius 1 is 1.10 bits per heavy atom. The van der Waals surface area contributed by atoms with Crippen molar-refractivity contribution in [2.45, 2.75) is 25.7 Å². The molecule has 1 fully saturated rings. The highest BCUT2D eigenvalue weighted by Gasteiger charge is 2.27. The van der Waals surface area contributed by atoms with Crippen molar-refractivity contribution >= 4 is 17.5 Å². The molecule has 4 rings (SSSR count). The number of pyridine rings is 1. The number of para-hydroxylation sites is 1. The molecule has 2 aromatic heterocycles. The van der Waals surface area contributed by atoms with Gasteiger partial charge in [-0.3, -0.25) is 14.6 Å². The van der Waals surface area contributed by atoms with Crippen LogP contribution in [-0.4, -0.2) is 44.8 Å². The number of benzene rings is 1. The van der Waals surface area contributed by atoms with Gasteiger partial charge in [-0.25, -0.2) is 9.97 Å². The van der Waals surface area contributed by atoms with Gasteiger partial charge >= 0.3 is 0 Å². The maximum atomic E-state index is 12.8. The number of aryl methyl sites for hydroxylation is 1. The Morgan fingerprint density at radius 2 is 1.87 bits per heavy atom. The van der Waals surface area contributed by atoms with Crippen LogP contribution in [0.15, 0.2) is 61.1 Å². The summed E-state index contributed by atoms with van der Waals surface area (Å²) in [6, 6.07) is 12.7. The van der Waals surface area contributed by atoms with Crippen molar-refractivity contribution in [1.29, 1.82) is 0 Å². The van der Waals surface area contributed by atoms with E-state index in [1.807, 2.05) is 42.2 Å². The van der Waals surface area contributed by atoms with Crippen LogP contribution in [0.5, 0.6) is 0 Å².